The summed E-state index contributed by atoms with van der Waals surface area (Å²) < 4.78 is 5.46. The summed E-state index contributed by atoms with van der Waals surface area (Å²) in [4.78, 5) is 30.5. The molecule has 0 spiro atoms. The minimum Gasteiger partial charge on any atom is -0.379 e. The molecule has 2 saturated heterocycles. The summed E-state index contributed by atoms with van der Waals surface area (Å²) >= 11 is 5.91. The molecule has 2 aromatic carbocycles. The van der Waals surface area contributed by atoms with Gasteiger partial charge >= 0.3 is 6.03 Å². The fraction of sp³-hybridized carbons (Fsp3) is 0.417. The topological polar surface area (TPSA) is 73.9 Å². The number of halogens is 1. The zero-order chi connectivity index (χ0) is 22.3. The van der Waals surface area contributed by atoms with Crippen LogP contribution in [0.2, 0.25) is 5.02 Å². The van der Waals surface area contributed by atoms with E-state index < -0.39 is 12.1 Å². The SMILES string of the molecule is O=C(Nc1ccc(Cl)cc1)NC(C(=O)N1CCC(N2CCOCC2)CC1)c1ccccc1. The van der Waals surface area contributed by atoms with Crippen molar-refractivity contribution < 1.29 is 14.3 Å². The van der Waals surface area contributed by atoms with Gasteiger partial charge < -0.3 is 20.3 Å². The molecule has 2 fully saturated rings. The summed E-state index contributed by atoms with van der Waals surface area (Å²) in [5.74, 6) is -0.0807. The average Bonchev–Trinajstić information content (AvgIpc) is 2.85. The van der Waals surface area contributed by atoms with Crippen LogP contribution in [0.1, 0.15) is 24.4 Å². The molecule has 2 heterocycles. The second-order valence-electron chi connectivity index (χ2n) is 8.15. The molecule has 3 amide bonds. The molecule has 2 aliphatic rings. The maximum atomic E-state index is 13.4. The first kappa shape index (κ1) is 22.6. The third-order valence-corrected chi connectivity index (χ3v) is 6.35. The van der Waals surface area contributed by atoms with Crippen LogP contribution in [0.4, 0.5) is 10.5 Å². The number of anilines is 1. The quantitative estimate of drug-likeness (QED) is 0.721. The van der Waals surface area contributed by atoms with Crippen molar-refractivity contribution in [3.05, 3.63) is 65.2 Å². The molecule has 0 radical (unpaired) electrons. The Morgan fingerprint density at radius 1 is 0.938 bits per heavy atom. The van der Waals surface area contributed by atoms with E-state index in [1.54, 1.807) is 24.3 Å². The second kappa shape index (κ2) is 10.8. The van der Waals surface area contributed by atoms with E-state index in [1.165, 1.54) is 0 Å². The van der Waals surface area contributed by atoms with Crippen LogP contribution < -0.4 is 10.6 Å². The normalized spacial score (nSPS) is 18.7. The van der Waals surface area contributed by atoms with E-state index in [2.05, 4.69) is 15.5 Å². The van der Waals surface area contributed by atoms with Crippen molar-refractivity contribution in [1.29, 1.82) is 0 Å². The molecule has 32 heavy (non-hydrogen) atoms. The zero-order valence-corrected chi connectivity index (χ0v) is 18.8. The van der Waals surface area contributed by atoms with E-state index >= 15 is 0 Å². The van der Waals surface area contributed by atoms with Gasteiger partial charge in [-0.1, -0.05) is 41.9 Å². The third kappa shape index (κ3) is 5.79. The van der Waals surface area contributed by atoms with E-state index in [9.17, 15) is 9.59 Å². The Hall–Kier alpha value is -2.61. The fourth-order valence-corrected chi connectivity index (χ4v) is 4.47. The first-order valence-corrected chi connectivity index (χ1v) is 11.5. The number of ether oxygens (including phenoxy) is 1. The summed E-state index contributed by atoms with van der Waals surface area (Å²) in [6.45, 7) is 4.84. The van der Waals surface area contributed by atoms with Crippen LogP contribution in [-0.4, -0.2) is 67.2 Å². The maximum absolute atomic E-state index is 13.4. The Balaban J connectivity index is 1.40. The molecule has 4 rings (SSSR count). The molecular weight excluding hydrogens is 428 g/mol. The van der Waals surface area contributed by atoms with Gasteiger partial charge in [0.25, 0.3) is 0 Å². The highest BCUT2D eigenvalue weighted by molar-refractivity contribution is 6.30. The number of urea groups is 1. The predicted octanol–water partition coefficient (Wildman–Crippen LogP) is 3.53. The van der Waals surface area contributed by atoms with Gasteiger partial charge in [0.05, 0.1) is 13.2 Å². The van der Waals surface area contributed by atoms with E-state index in [0.717, 1.165) is 44.7 Å². The lowest BCUT2D eigenvalue weighted by Crippen LogP contribution is -2.52. The number of carbonyl (C=O) groups is 2. The lowest BCUT2D eigenvalue weighted by molar-refractivity contribution is -0.135. The van der Waals surface area contributed by atoms with Crippen LogP contribution >= 0.6 is 11.6 Å². The predicted molar refractivity (Wildman–Crippen MR) is 125 cm³/mol. The van der Waals surface area contributed by atoms with E-state index in [0.29, 0.717) is 29.8 Å². The van der Waals surface area contributed by atoms with Gasteiger partial charge in [0.2, 0.25) is 5.91 Å². The minimum absolute atomic E-state index is 0.0807. The van der Waals surface area contributed by atoms with Gasteiger partial charge in [0, 0.05) is 42.9 Å². The van der Waals surface area contributed by atoms with Gasteiger partial charge in [-0.05, 0) is 42.7 Å². The first-order chi connectivity index (χ1) is 15.6. The summed E-state index contributed by atoms with van der Waals surface area (Å²) in [5, 5.41) is 6.24. The molecule has 0 bridgehead atoms. The van der Waals surface area contributed by atoms with Crippen LogP contribution in [0.15, 0.2) is 54.6 Å². The highest BCUT2D eigenvalue weighted by atomic mass is 35.5. The molecule has 1 atom stereocenters. The van der Waals surface area contributed by atoms with Crippen molar-refractivity contribution in [3.8, 4) is 0 Å². The number of piperidine rings is 1. The van der Waals surface area contributed by atoms with Crippen LogP contribution in [0.5, 0.6) is 0 Å². The molecule has 0 aromatic heterocycles. The van der Waals surface area contributed by atoms with Gasteiger partial charge in [0.15, 0.2) is 0 Å². The van der Waals surface area contributed by atoms with Crippen LogP contribution in [0.3, 0.4) is 0 Å². The molecule has 7 nitrogen and oxygen atoms in total. The highest BCUT2D eigenvalue weighted by Gasteiger charge is 2.32. The fourth-order valence-electron chi connectivity index (χ4n) is 4.34. The number of nitrogens with zero attached hydrogens (tertiary/aromatic N) is 2. The molecule has 0 aliphatic carbocycles. The van der Waals surface area contributed by atoms with Crippen LogP contribution in [0.25, 0.3) is 0 Å². The Morgan fingerprint density at radius 2 is 1.59 bits per heavy atom. The molecule has 2 aliphatic heterocycles. The van der Waals surface area contributed by atoms with Crippen molar-refractivity contribution in [2.45, 2.75) is 24.9 Å². The summed E-state index contributed by atoms with van der Waals surface area (Å²) in [6.07, 6.45) is 1.87. The maximum Gasteiger partial charge on any atom is 0.320 e. The minimum atomic E-state index is -0.747. The van der Waals surface area contributed by atoms with Crippen LogP contribution in [-0.2, 0) is 9.53 Å². The molecule has 8 heteroatoms. The van der Waals surface area contributed by atoms with Crippen molar-refractivity contribution >= 4 is 29.2 Å². The molecule has 0 saturated carbocycles. The Morgan fingerprint density at radius 3 is 2.25 bits per heavy atom. The number of benzene rings is 2. The van der Waals surface area contributed by atoms with Gasteiger partial charge in [-0.25, -0.2) is 4.79 Å². The van der Waals surface area contributed by atoms with Crippen molar-refractivity contribution in [1.82, 2.24) is 15.1 Å². The second-order valence-corrected chi connectivity index (χ2v) is 8.59. The summed E-state index contributed by atoms with van der Waals surface area (Å²) in [6, 6.07) is 15.5. The smallest absolute Gasteiger partial charge is 0.320 e. The first-order valence-electron chi connectivity index (χ1n) is 11.1. The summed E-state index contributed by atoms with van der Waals surface area (Å²) in [7, 11) is 0. The van der Waals surface area contributed by atoms with Gasteiger partial charge in [-0.3, -0.25) is 9.69 Å². The number of nitrogens with one attached hydrogen (secondary N) is 2. The van der Waals surface area contributed by atoms with Gasteiger partial charge in [0.1, 0.15) is 6.04 Å². The zero-order valence-electron chi connectivity index (χ0n) is 18.0. The Kier molecular flexibility index (Phi) is 7.63. The number of carbonyl (C=O) groups excluding carboxylic acids is 2. The lowest BCUT2D eigenvalue weighted by atomic mass is 10.00. The standard InChI is InChI=1S/C24H29ClN4O3/c25-19-6-8-20(9-7-19)26-24(31)27-22(18-4-2-1-3-5-18)23(30)29-12-10-21(11-13-29)28-14-16-32-17-15-28/h1-9,21-22H,10-17H2,(H2,26,27,31). The molecular formula is C24H29ClN4O3. The number of likely N-dealkylation sites (tertiary alicyclic amines) is 1. The van der Waals surface area contributed by atoms with Crippen LogP contribution in [0, 0.1) is 0 Å². The molecule has 1 unspecified atom stereocenters. The number of morpholine rings is 1. The van der Waals surface area contributed by atoms with Crippen molar-refractivity contribution in [2.24, 2.45) is 0 Å². The lowest BCUT2D eigenvalue weighted by Gasteiger charge is -2.40. The monoisotopic (exact) mass is 456 g/mol. The largest absolute Gasteiger partial charge is 0.379 e. The van der Waals surface area contributed by atoms with Gasteiger partial charge in [-0.2, -0.15) is 0 Å². The summed E-state index contributed by atoms with van der Waals surface area (Å²) in [5.41, 5.74) is 1.37. The van der Waals surface area contributed by atoms with E-state index in [4.69, 9.17) is 16.3 Å². The number of hydrogen-bond acceptors (Lipinski definition) is 4. The molecule has 2 N–H and O–H groups in total. The van der Waals surface area contributed by atoms with E-state index in [-0.39, 0.29) is 5.91 Å². The number of hydrogen-bond donors (Lipinski definition) is 2. The third-order valence-electron chi connectivity index (χ3n) is 6.10. The Bertz CT molecular complexity index is 895. The molecule has 170 valence electrons. The van der Waals surface area contributed by atoms with Crippen molar-refractivity contribution in [3.63, 3.8) is 0 Å². The number of rotatable bonds is 5. The van der Waals surface area contributed by atoms with E-state index in [1.807, 2.05) is 35.2 Å². The Labute approximate surface area is 193 Å². The average molecular weight is 457 g/mol. The molecule has 2 aromatic rings. The highest BCUT2D eigenvalue weighted by Crippen LogP contribution is 2.23. The van der Waals surface area contributed by atoms with Crippen molar-refractivity contribution in [2.75, 3.05) is 44.7 Å². The number of amides is 3. The van der Waals surface area contributed by atoms with Gasteiger partial charge in [-0.15, -0.1) is 0 Å².